The summed E-state index contributed by atoms with van der Waals surface area (Å²) in [5.41, 5.74) is 0. The van der Waals surface area contributed by atoms with E-state index < -0.39 is 0 Å². The number of hydrogen-bond donors (Lipinski definition) is 1. The number of anilines is 2. The Bertz CT molecular complexity index is 423. The minimum absolute atomic E-state index is 0.393. The maximum atomic E-state index is 5.39. The van der Waals surface area contributed by atoms with Crippen molar-refractivity contribution in [2.75, 3.05) is 37.0 Å². The zero-order valence-electron chi connectivity index (χ0n) is 12.2. The molecule has 19 heavy (non-hydrogen) atoms. The first-order valence-corrected chi connectivity index (χ1v) is 6.95. The largest absolute Gasteiger partial charge is 0.464 e. The molecule has 1 saturated heterocycles. The smallest absolute Gasteiger partial charge is 0.323 e. The van der Waals surface area contributed by atoms with Gasteiger partial charge in [0.05, 0.1) is 6.61 Å². The second kappa shape index (κ2) is 6.04. The minimum atomic E-state index is 0.393. The maximum absolute atomic E-state index is 5.39. The lowest BCUT2D eigenvalue weighted by Crippen LogP contribution is -2.24. The van der Waals surface area contributed by atoms with Crippen molar-refractivity contribution in [3.8, 4) is 6.01 Å². The molecule has 106 valence electrons. The van der Waals surface area contributed by atoms with Crippen LogP contribution < -0.4 is 15.0 Å². The summed E-state index contributed by atoms with van der Waals surface area (Å²) in [5.74, 6) is 2.68. The number of nitrogens with one attached hydrogen (secondary N) is 1. The van der Waals surface area contributed by atoms with E-state index in [4.69, 9.17) is 4.74 Å². The molecule has 0 radical (unpaired) electrons. The third-order valence-electron chi connectivity index (χ3n) is 3.55. The maximum Gasteiger partial charge on any atom is 0.323 e. The molecule has 1 N–H and O–H groups in total. The van der Waals surface area contributed by atoms with Gasteiger partial charge in [-0.1, -0.05) is 13.8 Å². The van der Waals surface area contributed by atoms with Crippen LogP contribution in [0.3, 0.4) is 0 Å². The van der Waals surface area contributed by atoms with E-state index in [1.165, 1.54) is 6.42 Å². The van der Waals surface area contributed by atoms with Crippen LogP contribution in [0.4, 0.5) is 11.9 Å². The molecule has 6 nitrogen and oxygen atoms in total. The Balaban J connectivity index is 2.17. The van der Waals surface area contributed by atoms with Gasteiger partial charge in [-0.3, -0.25) is 0 Å². The first kappa shape index (κ1) is 13.8. The highest BCUT2D eigenvalue weighted by molar-refractivity contribution is 5.39. The standard InChI is InChI=1S/C13H23N5O/c1-5-19-13-16-11(14-4)15-12(17-13)18-7-6-10(8-18)9(2)3/h9-10H,5-8H2,1-4H3,(H,14,15,16,17). The van der Waals surface area contributed by atoms with E-state index in [9.17, 15) is 0 Å². The third-order valence-corrected chi connectivity index (χ3v) is 3.55. The summed E-state index contributed by atoms with van der Waals surface area (Å²) < 4.78 is 5.39. The second-order valence-electron chi connectivity index (χ2n) is 5.16. The first-order valence-electron chi connectivity index (χ1n) is 6.95. The molecule has 0 spiro atoms. The molecule has 1 atom stereocenters. The fourth-order valence-electron chi connectivity index (χ4n) is 2.31. The van der Waals surface area contributed by atoms with E-state index in [0.29, 0.717) is 36.3 Å². The van der Waals surface area contributed by atoms with Crippen molar-refractivity contribution < 1.29 is 4.74 Å². The molecule has 0 aromatic carbocycles. The van der Waals surface area contributed by atoms with Crippen LogP contribution in [-0.4, -0.2) is 41.7 Å². The van der Waals surface area contributed by atoms with Crippen molar-refractivity contribution in [2.45, 2.75) is 27.2 Å². The molecule has 0 bridgehead atoms. The number of nitrogens with zero attached hydrogens (tertiary/aromatic N) is 4. The van der Waals surface area contributed by atoms with Crippen molar-refractivity contribution in [2.24, 2.45) is 11.8 Å². The van der Waals surface area contributed by atoms with Gasteiger partial charge in [0.15, 0.2) is 0 Å². The minimum Gasteiger partial charge on any atom is -0.464 e. The van der Waals surface area contributed by atoms with Crippen LogP contribution in [-0.2, 0) is 0 Å². The lowest BCUT2D eigenvalue weighted by atomic mass is 9.95. The van der Waals surface area contributed by atoms with Crippen molar-refractivity contribution in [3.05, 3.63) is 0 Å². The van der Waals surface area contributed by atoms with E-state index in [-0.39, 0.29) is 0 Å². The summed E-state index contributed by atoms with van der Waals surface area (Å²) in [6.45, 7) is 9.03. The van der Waals surface area contributed by atoms with Crippen LogP contribution in [0.5, 0.6) is 6.01 Å². The van der Waals surface area contributed by atoms with Crippen molar-refractivity contribution in [1.29, 1.82) is 0 Å². The van der Waals surface area contributed by atoms with Crippen molar-refractivity contribution in [3.63, 3.8) is 0 Å². The molecule has 1 aliphatic heterocycles. The SMILES string of the molecule is CCOc1nc(NC)nc(N2CCC(C(C)C)C2)n1. The van der Waals surface area contributed by atoms with Gasteiger partial charge in [0.1, 0.15) is 0 Å². The lowest BCUT2D eigenvalue weighted by Gasteiger charge is -2.18. The normalized spacial score (nSPS) is 19.0. The van der Waals surface area contributed by atoms with Crippen LogP contribution in [0.2, 0.25) is 0 Å². The monoisotopic (exact) mass is 265 g/mol. The molecular formula is C13H23N5O. The topological polar surface area (TPSA) is 63.2 Å². The average molecular weight is 265 g/mol. The summed E-state index contributed by atoms with van der Waals surface area (Å²) in [6, 6.07) is 0.393. The van der Waals surface area contributed by atoms with Gasteiger partial charge in [0, 0.05) is 20.1 Å². The highest BCUT2D eigenvalue weighted by atomic mass is 16.5. The summed E-state index contributed by atoms with van der Waals surface area (Å²) in [6.07, 6.45) is 1.20. The van der Waals surface area contributed by atoms with E-state index >= 15 is 0 Å². The van der Waals surface area contributed by atoms with Gasteiger partial charge in [-0.15, -0.1) is 0 Å². The van der Waals surface area contributed by atoms with Crippen LogP contribution in [0.1, 0.15) is 27.2 Å². The average Bonchev–Trinajstić information content (AvgIpc) is 2.88. The molecular weight excluding hydrogens is 242 g/mol. The van der Waals surface area contributed by atoms with Crippen LogP contribution >= 0.6 is 0 Å². The van der Waals surface area contributed by atoms with E-state index in [1.54, 1.807) is 7.05 Å². The van der Waals surface area contributed by atoms with Gasteiger partial charge in [-0.25, -0.2) is 0 Å². The third kappa shape index (κ3) is 3.24. The molecule has 0 saturated carbocycles. The van der Waals surface area contributed by atoms with Gasteiger partial charge in [0.25, 0.3) is 0 Å². The number of rotatable bonds is 5. The Hall–Kier alpha value is -1.59. The van der Waals surface area contributed by atoms with Gasteiger partial charge in [-0.05, 0) is 25.2 Å². The van der Waals surface area contributed by atoms with E-state index in [0.717, 1.165) is 13.1 Å². The molecule has 2 rings (SSSR count). The summed E-state index contributed by atoms with van der Waals surface area (Å²) in [4.78, 5) is 15.2. The summed E-state index contributed by atoms with van der Waals surface area (Å²) in [5, 5.41) is 2.95. The van der Waals surface area contributed by atoms with Crippen LogP contribution in [0, 0.1) is 11.8 Å². The molecule has 1 aromatic rings. The molecule has 1 aromatic heterocycles. The quantitative estimate of drug-likeness (QED) is 0.875. The second-order valence-corrected chi connectivity index (χ2v) is 5.16. The Kier molecular flexibility index (Phi) is 4.39. The predicted octanol–water partition coefficient (Wildman–Crippen LogP) is 1.79. The van der Waals surface area contributed by atoms with Gasteiger partial charge in [-0.2, -0.15) is 15.0 Å². The van der Waals surface area contributed by atoms with Crippen molar-refractivity contribution >= 4 is 11.9 Å². The number of hydrogen-bond acceptors (Lipinski definition) is 6. The fourth-order valence-corrected chi connectivity index (χ4v) is 2.31. The Labute approximate surface area is 114 Å². The van der Waals surface area contributed by atoms with Gasteiger partial charge >= 0.3 is 6.01 Å². The molecule has 0 aliphatic carbocycles. The van der Waals surface area contributed by atoms with Crippen molar-refractivity contribution in [1.82, 2.24) is 15.0 Å². The molecule has 1 unspecified atom stereocenters. The Morgan fingerprint density at radius 1 is 1.37 bits per heavy atom. The molecule has 0 amide bonds. The molecule has 2 heterocycles. The summed E-state index contributed by atoms with van der Waals surface area (Å²) in [7, 11) is 1.80. The molecule has 1 fully saturated rings. The van der Waals surface area contributed by atoms with Crippen LogP contribution in [0.15, 0.2) is 0 Å². The van der Waals surface area contributed by atoms with E-state index in [1.807, 2.05) is 6.92 Å². The van der Waals surface area contributed by atoms with Gasteiger partial charge in [0.2, 0.25) is 11.9 Å². The van der Waals surface area contributed by atoms with E-state index in [2.05, 4.69) is 39.0 Å². The van der Waals surface area contributed by atoms with Gasteiger partial charge < -0.3 is 15.0 Å². The molecule has 6 heteroatoms. The zero-order valence-corrected chi connectivity index (χ0v) is 12.2. The zero-order chi connectivity index (χ0) is 13.8. The highest BCUT2D eigenvalue weighted by Crippen LogP contribution is 2.27. The fraction of sp³-hybridized carbons (Fsp3) is 0.769. The first-order chi connectivity index (χ1) is 9.13. The number of aromatic nitrogens is 3. The predicted molar refractivity (Wildman–Crippen MR) is 75.7 cm³/mol. The lowest BCUT2D eigenvalue weighted by molar-refractivity contribution is 0.312. The highest BCUT2D eigenvalue weighted by Gasteiger charge is 2.27. The molecule has 1 aliphatic rings. The van der Waals surface area contributed by atoms with Crippen LogP contribution in [0.25, 0.3) is 0 Å². The Morgan fingerprint density at radius 3 is 2.74 bits per heavy atom. The summed E-state index contributed by atoms with van der Waals surface area (Å²) >= 11 is 0. The number of ether oxygens (including phenoxy) is 1. The Morgan fingerprint density at radius 2 is 2.16 bits per heavy atom.